The zero-order valence-electron chi connectivity index (χ0n) is 10.9. The molecule has 1 saturated heterocycles. The number of ether oxygens (including phenoxy) is 1. The van der Waals surface area contributed by atoms with Gasteiger partial charge in [-0.15, -0.1) is 0 Å². The van der Waals surface area contributed by atoms with Gasteiger partial charge in [0, 0.05) is 5.54 Å². The van der Waals surface area contributed by atoms with Gasteiger partial charge in [-0.2, -0.15) is 0 Å². The fourth-order valence-corrected chi connectivity index (χ4v) is 1.70. The van der Waals surface area contributed by atoms with E-state index in [0.717, 1.165) is 31.5 Å². The lowest BCUT2D eigenvalue weighted by atomic mass is 9.92. The van der Waals surface area contributed by atoms with Gasteiger partial charge in [-0.3, -0.25) is 4.79 Å². The molecule has 4 nitrogen and oxygen atoms in total. The van der Waals surface area contributed by atoms with E-state index in [-0.39, 0.29) is 5.54 Å². The number of carbonyl (C=O) groups excluding carboxylic acids is 1. The summed E-state index contributed by atoms with van der Waals surface area (Å²) in [4.78, 5) is 9.76. The van der Waals surface area contributed by atoms with Gasteiger partial charge in [0.15, 0.2) is 0 Å². The van der Waals surface area contributed by atoms with Crippen molar-refractivity contribution in [2.45, 2.75) is 31.9 Å². The minimum atomic E-state index is 0.116. The highest BCUT2D eigenvalue weighted by molar-refractivity contribution is 5.37. The highest BCUT2D eigenvalue weighted by Gasteiger charge is 2.20. The van der Waals surface area contributed by atoms with Crippen LogP contribution in [-0.2, 0) is 16.1 Å². The van der Waals surface area contributed by atoms with Gasteiger partial charge < -0.3 is 15.8 Å². The van der Waals surface area contributed by atoms with Crippen LogP contribution in [0.4, 0.5) is 0 Å². The fraction of sp³-hybridized carbons (Fsp3) is 0.500. The number of nitrogens with one attached hydrogen (secondary N) is 1. The Morgan fingerprint density at radius 2 is 1.94 bits per heavy atom. The smallest absolute Gasteiger partial charge is 0.293 e. The van der Waals surface area contributed by atoms with Crippen LogP contribution in [0.3, 0.4) is 0 Å². The summed E-state index contributed by atoms with van der Waals surface area (Å²) in [7, 11) is 0. The van der Waals surface area contributed by atoms with E-state index in [4.69, 9.17) is 5.73 Å². The van der Waals surface area contributed by atoms with Gasteiger partial charge in [0.25, 0.3) is 6.47 Å². The van der Waals surface area contributed by atoms with Crippen molar-refractivity contribution in [2.75, 3.05) is 13.1 Å². The zero-order chi connectivity index (χ0) is 13.3. The fourth-order valence-electron chi connectivity index (χ4n) is 1.70. The molecule has 1 aliphatic heterocycles. The molecule has 100 valence electrons. The molecule has 0 unspecified atom stereocenters. The third-order valence-corrected chi connectivity index (χ3v) is 2.91. The predicted octanol–water partition coefficient (Wildman–Crippen LogP) is 1.45. The second kappa shape index (κ2) is 7.84. The molecule has 1 fully saturated rings. The molecule has 0 aromatic heterocycles. The molecule has 0 spiro atoms. The molecule has 0 amide bonds. The Morgan fingerprint density at radius 1 is 1.33 bits per heavy atom. The summed E-state index contributed by atoms with van der Waals surface area (Å²) in [5.41, 5.74) is 6.96. The lowest BCUT2D eigenvalue weighted by Crippen LogP contribution is -2.46. The quantitative estimate of drug-likeness (QED) is 0.797. The minimum absolute atomic E-state index is 0.116. The summed E-state index contributed by atoms with van der Waals surface area (Å²) in [6, 6.07) is 9.55. The van der Waals surface area contributed by atoms with E-state index in [0.29, 0.717) is 13.1 Å². The summed E-state index contributed by atoms with van der Waals surface area (Å²) in [6.07, 6.45) is 2.24. The highest BCUT2D eigenvalue weighted by atomic mass is 16.5. The van der Waals surface area contributed by atoms with Crippen LogP contribution in [0.2, 0.25) is 0 Å². The summed E-state index contributed by atoms with van der Waals surface area (Å²) in [6.45, 7) is 5.12. The second-order valence-electron chi connectivity index (χ2n) is 4.80. The number of carbonyl (C=O) groups is 1. The SMILES string of the molecule is CC1(N)CCNCC1.O=COCc1ccccc1. The highest BCUT2D eigenvalue weighted by Crippen LogP contribution is 2.12. The first kappa shape index (κ1) is 14.7. The van der Waals surface area contributed by atoms with Crippen LogP contribution in [-0.4, -0.2) is 25.1 Å². The largest absolute Gasteiger partial charge is 0.463 e. The zero-order valence-corrected chi connectivity index (χ0v) is 10.9. The molecule has 0 atom stereocenters. The van der Waals surface area contributed by atoms with Gasteiger partial charge in [-0.25, -0.2) is 0 Å². The molecule has 0 bridgehead atoms. The van der Waals surface area contributed by atoms with Crippen molar-refractivity contribution >= 4 is 6.47 Å². The summed E-state index contributed by atoms with van der Waals surface area (Å²) < 4.78 is 4.54. The van der Waals surface area contributed by atoms with Crippen molar-refractivity contribution in [3.05, 3.63) is 35.9 Å². The molecule has 0 radical (unpaired) electrons. The molecule has 0 aliphatic carbocycles. The summed E-state index contributed by atoms with van der Waals surface area (Å²) >= 11 is 0. The van der Waals surface area contributed by atoms with E-state index < -0.39 is 0 Å². The van der Waals surface area contributed by atoms with Gasteiger partial charge in [-0.1, -0.05) is 30.3 Å². The monoisotopic (exact) mass is 250 g/mol. The van der Waals surface area contributed by atoms with Gasteiger partial charge in [0.1, 0.15) is 6.61 Å². The van der Waals surface area contributed by atoms with Gasteiger partial charge in [0.2, 0.25) is 0 Å². The van der Waals surface area contributed by atoms with Crippen molar-refractivity contribution in [2.24, 2.45) is 5.73 Å². The van der Waals surface area contributed by atoms with Crippen molar-refractivity contribution in [1.29, 1.82) is 0 Å². The lowest BCUT2D eigenvalue weighted by Gasteiger charge is -2.29. The number of hydrogen-bond donors (Lipinski definition) is 2. The Bertz CT molecular complexity index is 331. The number of hydrogen-bond acceptors (Lipinski definition) is 4. The molecular formula is C14H22N2O2. The van der Waals surface area contributed by atoms with Crippen LogP contribution < -0.4 is 11.1 Å². The third kappa shape index (κ3) is 6.37. The second-order valence-corrected chi connectivity index (χ2v) is 4.80. The number of benzene rings is 1. The molecule has 4 heteroatoms. The lowest BCUT2D eigenvalue weighted by molar-refractivity contribution is -0.129. The first-order valence-electron chi connectivity index (χ1n) is 6.23. The van der Waals surface area contributed by atoms with Crippen LogP contribution in [0, 0.1) is 0 Å². The van der Waals surface area contributed by atoms with Crippen molar-refractivity contribution in [3.8, 4) is 0 Å². The van der Waals surface area contributed by atoms with Gasteiger partial charge >= 0.3 is 0 Å². The van der Waals surface area contributed by atoms with Crippen LogP contribution in [0.15, 0.2) is 30.3 Å². The maximum absolute atomic E-state index is 9.76. The first-order valence-corrected chi connectivity index (χ1v) is 6.23. The van der Waals surface area contributed by atoms with E-state index in [9.17, 15) is 4.79 Å². The van der Waals surface area contributed by atoms with Gasteiger partial charge in [0.05, 0.1) is 0 Å². The maximum atomic E-state index is 9.76. The molecule has 18 heavy (non-hydrogen) atoms. The van der Waals surface area contributed by atoms with E-state index >= 15 is 0 Å². The molecule has 1 aromatic rings. The molecule has 2 rings (SSSR count). The Balaban J connectivity index is 0.000000184. The molecule has 1 aromatic carbocycles. The molecule has 1 heterocycles. The number of piperidine rings is 1. The molecule has 3 N–H and O–H groups in total. The minimum Gasteiger partial charge on any atom is -0.463 e. The summed E-state index contributed by atoms with van der Waals surface area (Å²) in [5, 5.41) is 3.26. The summed E-state index contributed by atoms with van der Waals surface area (Å²) in [5.74, 6) is 0. The normalized spacial score (nSPS) is 17.2. The van der Waals surface area contributed by atoms with E-state index in [1.807, 2.05) is 30.3 Å². The van der Waals surface area contributed by atoms with Crippen LogP contribution in [0.25, 0.3) is 0 Å². The van der Waals surface area contributed by atoms with E-state index in [1.165, 1.54) is 0 Å². The van der Waals surface area contributed by atoms with Crippen LogP contribution in [0.5, 0.6) is 0 Å². The molecule has 1 aliphatic rings. The average Bonchev–Trinajstić information content (AvgIpc) is 2.38. The van der Waals surface area contributed by atoms with E-state index in [1.54, 1.807) is 0 Å². The maximum Gasteiger partial charge on any atom is 0.293 e. The Labute approximate surface area is 109 Å². The molecular weight excluding hydrogens is 228 g/mol. The topological polar surface area (TPSA) is 64.3 Å². The standard InChI is InChI=1S/C8H8O2.C6H14N2/c9-7-10-6-8-4-2-1-3-5-8;1-6(7)2-4-8-5-3-6/h1-5,7H,6H2;8H,2-5,7H2,1H3. The van der Waals surface area contributed by atoms with E-state index in [2.05, 4.69) is 17.0 Å². The Morgan fingerprint density at radius 3 is 2.39 bits per heavy atom. The Hall–Kier alpha value is -1.39. The third-order valence-electron chi connectivity index (χ3n) is 2.91. The van der Waals surface area contributed by atoms with Crippen molar-refractivity contribution < 1.29 is 9.53 Å². The van der Waals surface area contributed by atoms with Crippen molar-refractivity contribution in [3.63, 3.8) is 0 Å². The van der Waals surface area contributed by atoms with Gasteiger partial charge in [-0.05, 0) is 38.4 Å². The van der Waals surface area contributed by atoms with Crippen LogP contribution in [0.1, 0.15) is 25.3 Å². The molecule has 0 saturated carbocycles. The Kier molecular flexibility index (Phi) is 6.39. The number of nitrogens with two attached hydrogens (primary N) is 1. The average molecular weight is 250 g/mol. The van der Waals surface area contributed by atoms with Crippen molar-refractivity contribution in [1.82, 2.24) is 5.32 Å². The predicted molar refractivity (Wildman–Crippen MR) is 72.0 cm³/mol. The number of rotatable bonds is 3. The van der Waals surface area contributed by atoms with Crippen LogP contribution >= 0.6 is 0 Å². The first-order chi connectivity index (χ1) is 8.64.